The standard InChI is InChI=1S/C17H16N4O/c1-21-16(7-8-20-21)15-9-13(10-18-12-15)11-19-17(22)14-5-3-2-4-6-14/h2-10,12H,11H2,1H3,(H,19,22). The summed E-state index contributed by atoms with van der Waals surface area (Å²) >= 11 is 0. The summed E-state index contributed by atoms with van der Waals surface area (Å²) in [5, 5.41) is 7.06. The second-order valence-corrected chi connectivity index (χ2v) is 4.97. The Bertz CT molecular complexity index is 780. The zero-order valence-corrected chi connectivity index (χ0v) is 12.2. The molecule has 0 saturated carbocycles. The maximum Gasteiger partial charge on any atom is 0.251 e. The van der Waals surface area contributed by atoms with Gasteiger partial charge in [-0.05, 0) is 29.8 Å². The van der Waals surface area contributed by atoms with Gasteiger partial charge in [-0.1, -0.05) is 18.2 Å². The summed E-state index contributed by atoms with van der Waals surface area (Å²) in [6.45, 7) is 0.437. The SMILES string of the molecule is Cn1nccc1-c1cncc(CNC(=O)c2ccccc2)c1. The summed E-state index contributed by atoms with van der Waals surface area (Å²) in [7, 11) is 1.89. The molecule has 1 aromatic carbocycles. The first-order valence-electron chi connectivity index (χ1n) is 6.99. The van der Waals surface area contributed by atoms with Crippen molar-refractivity contribution in [3.8, 4) is 11.3 Å². The van der Waals surface area contributed by atoms with E-state index in [0.717, 1.165) is 16.8 Å². The zero-order valence-electron chi connectivity index (χ0n) is 12.2. The number of aromatic nitrogens is 3. The number of nitrogens with one attached hydrogen (secondary N) is 1. The Balaban J connectivity index is 1.71. The molecule has 5 nitrogen and oxygen atoms in total. The van der Waals surface area contributed by atoms with Crippen LogP contribution >= 0.6 is 0 Å². The third-order valence-electron chi connectivity index (χ3n) is 3.40. The van der Waals surface area contributed by atoms with Gasteiger partial charge in [0.15, 0.2) is 0 Å². The molecule has 0 aliphatic carbocycles. The fourth-order valence-electron chi connectivity index (χ4n) is 2.26. The Morgan fingerprint density at radius 3 is 2.73 bits per heavy atom. The van der Waals surface area contributed by atoms with E-state index in [9.17, 15) is 4.79 Å². The van der Waals surface area contributed by atoms with Crippen LogP contribution in [-0.2, 0) is 13.6 Å². The molecule has 0 radical (unpaired) electrons. The van der Waals surface area contributed by atoms with Gasteiger partial charge in [-0.2, -0.15) is 5.10 Å². The molecular weight excluding hydrogens is 276 g/mol. The molecule has 1 amide bonds. The highest BCUT2D eigenvalue weighted by atomic mass is 16.1. The van der Waals surface area contributed by atoms with E-state index >= 15 is 0 Å². The first-order chi connectivity index (χ1) is 10.7. The van der Waals surface area contributed by atoms with Gasteiger partial charge in [0.2, 0.25) is 0 Å². The Morgan fingerprint density at radius 2 is 2.00 bits per heavy atom. The summed E-state index contributed by atoms with van der Waals surface area (Å²) in [4.78, 5) is 16.3. The number of rotatable bonds is 4. The Kier molecular flexibility index (Phi) is 3.96. The quantitative estimate of drug-likeness (QED) is 0.803. The van der Waals surface area contributed by atoms with Crippen LogP contribution in [0.1, 0.15) is 15.9 Å². The molecule has 0 saturated heterocycles. The van der Waals surface area contributed by atoms with Gasteiger partial charge in [0.25, 0.3) is 5.91 Å². The molecule has 0 spiro atoms. The van der Waals surface area contributed by atoms with E-state index in [-0.39, 0.29) is 5.91 Å². The number of nitrogens with zero attached hydrogens (tertiary/aromatic N) is 3. The maximum atomic E-state index is 12.0. The first kappa shape index (κ1) is 14.0. The van der Waals surface area contributed by atoms with Crippen molar-refractivity contribution in [2.24, 2.45) is 7.05 Å². The summed E-state index contributed by atoms with van der Waals surface area (Å²) in [6, 6.07) is 13.1. The van der Waals surface area contributed by atoms with E-state index in [1.807, 2.05) is 37.4 Å². The van der Waals surface area contributed by atoms with Crippen LogP contribution in [-0.4, -0.2) is 20.7 Å². The molecule has 2 heterocycles. The van der Waals surface area contributed by atoms with Crippen LogP contribution in [0.4, 0.5) is 0 Å². The predicted molar refractivity (Wildman–Crippen MR) is 84.1 cm³/mol. The highest BCUT2D eigenvalue weighted by Gasteiger charge is 2.07. The monoisotopic (exact) mass is 292 g/mol. The predicted octanol–water partition coefficient (Wildman–Crippen LogP) is 2.41. The van der Waals surface area contributed by atoms with E-state index < -0.39 is 0 Å². The van der Waals surface area contributed by atoms with Gasteiger partial charge in [0.1, 0.15) is 0 Å². The number of hydrogen-bond donors (Lipinski definition) is 1. The molecule has 5 heteroatoms. The second kappa shape index (κ2) is 6.22. The third-order valence-corrected chi connectivity index (χ3v) is 3.40. The molecule has 0 atom stereocenters. The van der Waals surface area contributed by atoms with Gasteiger partial charge in [-0.15, -0.1) is 0 Å². The molecule has 0 fully saturated rings. The summed E-state index contributed by atoms with van der Waals surface area (Å²) in [5.41, 5.74) is 3.57. The molecule has 0 bridgehead atoms. The van der Waals surface area contributed by atoms with Crippen molar-refractivity contribution in [3.05, 3.63) is 72.2 Å². The van der Waals surface area contributed by atoms with Crippen LogP contribution in [0.2, 0.25) is 0 Å². The molecular formula is C17H16N4O. The molecule has 0 aliphatic rings. The van der Waals surface area contributed by atoms with Crippen molar-refractivity contribution in [1.29, 1.82) is 0 Å². The van der Waals surface area contributed by atoms with Crippen LogP contribution in [0.3, 0.4) is 0 Å². The molecule has 1 N–H and O–H groups in total. The zero-order chi connectivity index (χ0) is 15.4. The highest BCUT2D eigenvalue weighted by Crippen LogP contribution is 2.18. The lowest BCUT2D eigenvalue weighted by Gasteiger charge is -2.07. The first-order valence-corrected chi connectivity index (χ1v) is 6.99. The lowest BCUT2D eigenvalue weighted by Crippen LogP contribution is -2.22. The number of amides is 1. The van der Waals surface area contributed by atoms with Crippen LogP contribution in [0, 0.1) is 0 Å². The van der Waals surface area contributed by atoms with Crippen LogP contribution in [0.5, 0.6) is 0 Å². The summed E-state index contributed by atoms with van der Waals surface area (Å²) in [5.74, 6) is -0.0912. The van der Waals surface area contributed by atoms with Gasteiger partial charge >= 0.3 is 0 Å². The van der Waals surface area contributed by atoms with Crippen LogP contribution < -0.4 is 5.32 Å². The molecule has 2 aromatic heterocycles. The van der Waals surface area contributed by atoms with E-state index in [0.29, 0.717) is 12.1 Å². The van der Waals surface area contributed by atoms with E-state index in [1.165, 1.54) is 0 Å². The highest BCUT2D eigenvalue weighted by molar-refractivity contribution is 5.94. The van der Waals surface area contributed by atoms with E-state index in [1.54, 1.807) is 35.4 Å². The number of carbonyl (C=O) groups excluding carboxylic acids is 1. The lowest BCUT2D eigenvalue weighted by atomic mass is 10.1. The number of aryl methyl sites for hydroxylation is 1. The topological polar surface area (TPSA) is 59.8 Å². The van der Waals surface area contributed by atoms with Gasteiger partial charge in [-0.25, -0.2) is 0 Å². The normalized spacial score (nSPS) is 10.4. The average molecular weight is 292 g/mol. The maximum absolute atomic E-state index is 12.0. The number of pyridine rings is 1. The minimum absolute atomic E-state index is 0.0912. The number of carbonyl (C=O) groups is 1. The number of hydrogen-bond acceptors (Lipinski definition) is 3. The molecule has 0 aliphatic heterocycles. The van der Waals surface area contributed by atoms with Gasteiger partial charge < -0.3 is 5.32 Å². The Labute approximate surface area is 128 Å². The third kappa shape index (κ3) is 3.03. The average Bonchev–Trinajstić information content (AvgIpc) is 3.00. The number of benzene rings is 1. The Hall–Kier alpha value is -2.95. The molecule has 110 valence electrons. The lowest BCUT2D eigenvalue weighted by molar-refractivity contribution is 0.0951. The van der Waals surface area contributed by atoms with Gasteiger partial charge in [0.05, 0.1) is 5.69 Å². The largest absolute Gasteiger partial charge is 0.348 e. The smallest absolute Gasteiger partial charge is 0.251 e. The fourth-order valence-corrected chi connectivity index (χ4v) is 2.26. The summed E-state index contributed by atoms with van der Waals surface area (Å²) < 4.78 is 1.79. The van der Waals surface area contributed by atoms with Crippen LogP contribution in [0.25, 0.3) is 11.3 Å². The fraction of sp³-hybridized carbons (Fsp3) is 0.118. The molecule has 3 rings (SSSR count). The second-order valence-electron chi connectivity index (χ2n) is 4.97. The van der Waals surface area contributed by atoms with Crippen molar-refractivity contribution >= 4 is 5.91 Å². The Morgan fingerprint density at radius 1 is 1.18 bits per heavy atom. The minimum atomic E-state index is -0.0912. The molecule has 0 unspecified atom stereocenters. The van der Waals surface area contributed by atoms with Crippen LogP contribution in [0.15, 0.2) is 61.1 Å². The van der Waals surface area contributed by atoms with Gasteiger partial charge in [0, 0.05) is 43.3 Å². The minimum Gasteiger partial charge on any atom is -0.348 e. The van der Waals surface area contributed by atoms with Crippen molar-refractivity contribution in [2.75, 3.05) is 0 Å². The van der Waals surface area contributed by atoms with Crippen molar-refractivity contribution in [3.63, 3.8) is 0 Å². The van der Waals surface area contributed by atoms with Gasteiger partial charge in [-0.3, -0.25) is 14.5 Å². The summed E-state index contributed by atoms with van der Waals surface area (Å²) in [6.07, 6.45) is 5.30. The van der Waals surface area contributed by atoms with Crippen molar-refractivity contribution in [1.82, 2.24) is 20.1 Å². The molecule has 22 heavy (non-hydrogen) atoms. The van der Waals surface area contributed by atoms with E-state index in [2.05, 4.69) is 15.4 Å². The van der Waals surface area contributed by atoms with Crippen molar-refractivity contribution in [2.45, 2.75) is 6.54 Å². The molecule has 3 aromatic rings. The van der Waals surface area contributed by atoms with E-state index in [4.69, 9.17) is 0 Å². The van der Waals surface area contributed by atoms with Crippen molar-refractivity contribution < 1.29 is 4.79 Å².